The minimum absolute atomic E-state index is 0.135. The molecule has 0 saturated carbocycles. The lowest BCUT2D eigenvalue weighted by Crippen LogP contribution is -2.12. The molecule has 3 rings (SSSR count). The highest BCUT2D eigenvalue weighted by molar-refractivity contribution is 7.13. The van der Waals surface area contributed by atoms with E-state index in [4.69, 9.17) is 14.9 Å². The maximum Gasteiger partial charge on any atom is 0.252 e. The summed E-state index contributed by atoms with van der Waals surface area (Å²) < 4.78 is 11.2. The Balaban J connectivity index is 1.73. The van der Waals surface area contributed by atoms with Gasteiger partial charge in [0.05, 0.1) is 16.6 Å². The van der Waals surface area contributed by atoms with Gasteiger partial charge < -0.3 is 14.9 Å². The number of carbonyl (C=O) groups excluding carboxylic acids is 1. The average Bonchev–Trinajstić information content (AvgIpc) is 3.16. The van der Waals surface area contributed by atoms with Gasteiger partial charge in [0.2, 0.25) is 5.89 Å². The number of amides is 1. The van der Waals surface area contributed by atoms with E-state index in [-0.39, 0.29) is 6.61 Å². The Labute approximate surface area is 125 Å². The van der Waals surface area contributed by atoms with Crippen LogP contribution in [0.3, 0.4) is 0 Å². The second-order valence-corrected chi connectivity index (χ2v) is 5.19. The third kappa shape index (κ3) is 2.95. The van der Waals surface area contributed by atoms with Gasteiger partial charge in [-0.15, -0.1) is 11.3 Å². The first-order chi connectivity index (χ1) is 10.2. The molecular formula is C15H12N2O3S. The predicted octanol–water partition coefficient (Wildman–Crippen LogP) is 3.08. The van der Waals surface area contributed by atoms with Gasteiger partial charge in [-0.1, -0.05) is 18.2 Å². The van der Waals surface area contributed by atoms with E-state index in [1.165, 1.54) is 0 Å². The van der Waals surface area contributed by atoms with Crippen LogP contribution in [0.4, 0.5) is 0 Å². The van der Waals surface area contributed by atoms with Crippen LogP contribution in [-0.2, 0) is 6.61 Å². The highest BCUT2D eigenvalue weighted by atomic mass is 32.1. The molecule has 0 saturated heterocycles. The topological polar surface area (TPSA) is 78.4 Å². The molecule has 0 aliphatic rings. The molecule has 0 spiro atoms. The smallest absolute Gasteiger partial charge is 0.252 e. The molecule has 2 aromatic heterocycles. The van der Waals surface area contributed by atoms with Gasteiger partial charge in [0.25, 0.3) is 5.91 Å². The van der Waals surface area contributed by atoms with Crippen LogP contribution in [-0.4, -0.2) is 10.9 Å². The molecule has 2 heterocycles. The summed E-state index contributed by atoms with van der Waals surface area (Å²) in [5.74, 6) is 1.03. The lowest BCUT2D eigenvalue weighted by atomic mass is 10.2. The molecule has 0 aliphatic heterocycles. The van der Waals surface area contributed by atoms with E-state index >= 15 is 0 Å². The molecule has 0 radical (unpaired) electrons. The van der Waals surface area contributed by atoms with Crippen molar-refractivity contribution in [3.05, 3.63) is 59.4 Å². The van der Waals surface area contributed by atoms with Crippen LogP contribution in [0.1, 0.15) is 16.2 Å². The SMILES string of the molecule is NC(=O)c1ccccc1OCc1ncc(-c2cccs2)o1. The van der Waals surface area contributed by atoms with Gasteiger partial charge >= 0.3 is 0 Å². The molecule has 1 aromatic carbocycles. The largest absolute Gasteiger partial charge is 0.483 e. The summed E-state index contributed by atoms with van der Waals surface area (Å²) in [7, 11) is 0. The van der Waals surface area contributed by atoms with Crippen LogP contribution >= 0.6 is 11.3 Å². The predicted molar refractivity (Wildman–Crippen MR) is 79.1 cm³/mol. The molecule has 0 aliphatic carbocycles. The minimum atomic E-state index is -0.530. The standard InChI is InChI=1S/C15H12N2O3S/c16-15(18)10-4-1-2-5-11(10)19-9-14-17-8-12(20-14)13-6-3-7-21-13/h1-8H,9H2,(H2,16,18). The third-order valence-electron chi connectivity index (χ3n) is 2.82. The highest BCUT2D eigenvalue weighted by Gasteiger charge is 2.11. The van der Waals surface area contributed by atoms with E-state index in [1.54, 1.807) is 41.8 Å². The van der Waals surface area contributed by atoms with Gasteiger partial charge in [-0.2, -0.15) is 0 Å². The van der Waals surface area contributed by atoms with Crippen molar-refractivity contribution in [2.75, 3.05) is 0 Å². The molecule has 6 heteroatoms. The van der Waals surface area contributed by atoms with Crippen molar-refractivity contribution in [2.45, 2.75) is 6.61 Å². The summed E-state index contributed by atoms with van der Waals surface area (Å²) in [6.45, 7) is 0.135. The number of nitrogens with zero attached hydrogens (tertiary/aromatic N) is 1. The third-order valence-corrected chi connectivity index (χ3v) is 3.71. The molecule has 106 valence electrons. The summed E-state index contributed by atoms with van der Waals surface area (Å²) in [6, 6.07) is 10.7. The molecule has 21 heavy (non-hydrogen) atoms. The summed E-state index contributed by atoms with van der Waals surface area (Å²) in [4.78, 5) is 16.5. The Morgan fingerprint density at radius 1 is 1.29 bits per heavy atom. The molecule has 3 aromatic rings. The first-order valence-electron chi connectivity index (χ1n) is 6.24. The van der Waals surface area contributed by atoms with Gasteiger partial charge in [-0.3, -0.25) is 4.79 Å². The fourth-order valence-electron chi connectivity index (χ4n) is 1.85. The maximum atomic E-state index is 11.3. The molecule has 1 amide bonds. The van der Waals surface area contributed by atoms with Crippen molar-refractivity contribution in [2.24, 2.45) is 5.73 Å². The first-order valence-corrected chi connectivity index (χ1v) is 7.12. The highest BCUT2D eigenvalue weighted by Crippen LogP contribution is 2.26. The Morgan fingerprint density at radius 3 is 2.90 bits per heavy atom. The van der Waals surface area contributed by atoms with E-state index in [1.807, 2.05) is 17.5 Å². The number of para-hydroxylation sites is 1. The number of aromatic nitrogens is 1. The van der Waals surface area contributed by atoms with Crippen molar-refractivity contribution in [1.29, 1.82) is 0 Å². The summed E-state index contributed by atoms with van der Waals surface area (Å²) in [5, 5.41) is 1.97. The Morgan fingerprint density at radius 2 is 2.14 bits per heavy atom. The Hall–Kier alpha value is -2.60. The van der Waals surface area contributed by atoms with Crippen molar-refractivity contribution in [3.8, 4) is 16.4 Å². The van der Waals surface area contributed by atoms with Crippen molar-refractivity contribution in [3.63, 3.8) is 0 Å². The average molecular weight is 300 g/mol. The van der Waals surface area contributed by atoms with Gasteiger partial charge in [-0.25, -0.2) is 4.98 Å². The second kappa shape index (κ2) is 5.80. The Bertz CT molecular complexity index is 750. The van der Waals surface area contributed by atoms with Crippen LogP contribution in [0, 0.1) is 0 Å². The Kier molecular flexibility index (Phi) is 3.70. The number of rotatable bonds is 5. The number of benzene rings is 1. The number of nitrogens with two attached hydrogens (primary N) is 1. The molecule has 0 fully saturated rings. The zero-order valence-corrected chi connectivity index (χ0v) is 11.8. The van der Waals surface area contributed by atoms with Crippen LogP contribution < -0.4 is 10.5 Å². The van der Waals surface area contributed by atoms with E-state index in [0.29, 0.717) is 23.0 Å². The molecule has 0 bridgehead atoms. The van der Waals surface area contributed by atoms with Crippen molar-refractivity contribution in [1.82, 2.24) is 4.98 Å². The number of hydrogen-bond donors (Lipinski definition) is 1. The summed E-state index contributed by atoms with van der Waals surface area (Å²) in [5.41, 5.74) is 5.63. The zero-order valence-electron chi connectivity index (χ0n) is 11.0. The van der Waals surface area contributed by atoms with Gasteiger partial charge in [0.15, 0.2) is 12.4 Å². The minimum Gasteiger partial charge on any atom is -0.483 e. The molecular weight excluding hydrogens is 288 g/mol. The quantitative estimate of drug-likeness (QED) is 0.785. The van der Waals surface area contributed by atoms with Crippen molar-refractivity contribution >= 4 is 17.2 Å². The van der Waals surface area contributed by atoms with Crippen LogP contribution in [0.2, 0.25) is 0 Å². The number of ether oxygens (including phenoxy) is 1. The van der Waals surface area contributed by atoms with Crippen molar-refractivity contribution < 1.29 is 13.9 Å². The van der Waals surface area contributed by atoms with Crippen LogP contribution in [0.25, 0.3) is 10.6 Å². The van der Waals surface area contributed by atoms with E-state index in [2.05, 4.69) is 4.98 Å². The maximum absolute atomic E-state index is 11.3. The van der Waals surface area contributed by atoms with E-state index < -0.39 is 5.91 Å². The lowest BCUT2D eigenvalue weighted by molar-refractivity contribution is 0.0995. The zero-order chi connectivity index (χ0) is 14.7. The molecule has 2 N–H and O–H groups in total. The second-order valence-electron chi connectivity index (χ2n) is 4.24. The number of thiophene rings is 1. The molecule has 5 nitrogen and oxygen atoms in total. The fourth-order valence-corrected chi connectivity index (χ4v) is 2.52. The monoisotopic (exact) mass is 300 g/mol. The van der Waals surface area contributed by atoms with E-state index in [9.17, 15) is 4.79 Å². The van der Waals surface area contributed by atoms with Crippen LogP contribution in [0.15, 0.2) is 52.4 Å². The van der Waals surface area contributed by atoms with Gasteiger partial charge in [-0.05, 0) is 23.6 Å². The first kappa shape index (κ1) is 13.4. The number of primary amides is 1. The van der Waals surface area contributed by atoms with Gasteiger partial charge in [0, 0.05) is 0 Å². The normalized spacial score (nSPS) is 10.5. The summed E-state index contributed by atoms with van der Waals surface area (Å²) in [6.07, 6.45) is 1.66. The summed E-state index contributed by atoms with van der Waals surface area (Å²) >= 11 is 1.57. The van der Waals surface area contributed by atoms with E-state index in [0.717, 1.165) is 4.88 Å². The number of hydrogen-bond acceptors (Lipinski definition) is 5. The molecule has 0 unspecified atom stereocenters. The number of oxazole rings is 1. The van der Waals surface area contributed by atoms with Crippen LogP contribution in [0.5, 0.6) is 5.75 Å². The van der Waals surface area contributed by atoms with Gasteiger partial charge in [0.1, 0.15) is 5.75 Å². The lowest BCUT2D eigenvalue weighted by Gasteiger charge is -2.07. The fraction of sp³-hybridized carbons (Fsp3) is 0.0667. The molecule has 0 atom stereocenters. The number of carbonyl (C=O) groups is 1.